The van der Waals surface area contributed by atoms with E-state index in [1.54, 1.807) is 0 Å². The molecule has 1 heteroatoms. The van der Waals surface area contributed by atoms with Crippen LogP contribution in [0.5, 0.6) is 0 Å². The Bertz CT molecular complexity index is 957. The molecule has 0 saturated heterocycles. The Morgan fingerprint density at radius 1 is 0.630 bits per heavy atom. The molecule has 0 nitrogen and oxygen atoms in total. The molecule has 0 unspecified atom stereocenters. The number of benzene rings is 2. The second kappa shape index (κ2) is 9.16. The fourth-order valence-electron chi connectivity index (χ4n) is 3.92. The Morgan fingerprint density at radius 2 is 1.00 bits per heavy atom. The first-order chi connectivity index (χ1) is 12.4. The molecule has 0 aliphatic heterocycles. The van der Waals surface area contributed by atoms with Gasteiger partial charge in [-0.05, 0) is 12.8 Å². The normalized spacial score (nSPS) is 10.6. The van der Waals surface area contributed by atoms with Gasteiger partial charge in [-0.1, -0.05) is 64.8 Å². The standard InChI is InChI=1S/2C13H15.Zr/c2*1-4-11-6-5-10(3)12-7-9(2)8-13(11)12;/h2*5-8H,4H2,1-3H3;/q2*-1;+2. The van der Waals surface area contributed by atoms with Crippen molar-refractivity contribution in [1.29, 1.82) is 0 Å². The van der Waals surface area contributed by atoms with Crippen LogP contribution in [0.25, 0.3) is 21.5 Å². The third-order valence-electron chi connectivity index (χ3n) is 5.44. The van der Waals surface area contributed by atoms with E-state index < -0.39 is 0 Å². The average Bonchev–Trinajstić information content (AvgIpc) is 3.20. The minimum absolute atomic E-state index is 0. The molecule has 4 aromatic carbocycles. The SMILES string of the molecule is CCc1ccc(C)c2[cH-]c(C)cc12.CCc1ccc(C)c2[cH-]c(C)cc12.[Zr+2]. The molecule has 27 heavy (non-hydrogen) atoms. The maximum absolute atomic E-state index is 2.29. The van der Waals surface area contributed by atoms with Gasteiger partial charge in [0.15, 0.2) is 0 Å². The molecule has 0 atom stereocenters. The van der Waals surface area contributed by atoms with E-state index in [2.05, 4.69) is 90.1 Å². The van der Waals surface area contributed by atoms with Gasteiger partial charge in [-0.15, -0.1) is 68.1 Å². The van der Waals surface area contributed by atoms with Crippen molar-refractivity contribution >= 4 is 21.5 Å². The minimum atomic E-state index is 0. The van der Waals surface area contributed by atoms with E-state index in [1.807, 2.05) is 0 Å². The van der Waals surface area contributed by atoms with E-state index in [1.165, 1.54) is 54.9 Å². The first-order valence-electron chi connectivity index (χ1n) is 9.75. The van der Waals surface area contributed by atoms with E-state index >= 15 is 0 Å². The van der Waals surface area contributed by atoms with E-state index in [0.717, 1.165) is 12.8 Å². The summed E-state index contributed by atoms with van der Waals surface area (Å²) in [5.41, 5.74) is 8.46. The van der Waals surface area contributed by atoms with E-state index in [4.69, 9.17) is 0 Å². The van der Waals surface area contributed by atoms with Crippen LogP contribution in [0.3, 0.4) is 0 Å². The Balaban J connectivity index is 0.000000187. The summed E-state index contributed by atoms with van der Waals surface area (Å²) in [6.07, 6.45) is 2.25. The molecule has 0 fully saturated rings. The van der Waals surface area contributed by atoms with Gasteiger partial charge in [-0.3, -0.25) is 0 Å². The summed E-state index contributed by atoms with van der Waals surface area (Å²) in [5, 5.41) is 5.74. The summed E-state index contributed by atoms with van der Waals surface area (Å²) in [4.78, 5) is 0. The van der Waals surface area contributed by atoms with Crippen LogP contribution in [0, 0.1) is 27.7 Å². The Hall–Kier alpha value is -1.46. The summed E-state index contributed by atoms with van der Waals surface area (Å²) >= 11 is 0. The number of rotatable bonds is 2. The van der Waals surface area contributed by atoms with Gasteiger partial charge in [-0.2, -0.15) is 12.1 Å². The summed E-state index contributed by atoms with van der Waals surface area (Å²) in [5.74, 6) is 0. The van der Waals surface area contributed by atoms with Crippen LogP contribution < -0.4 is 0 Å². The van der Waals surface area contributed by atoms with Gasteiger partial charge in [-0.25, -0.2) is 0 Å². The average molecular weight is 434 g/mol. The van der Waals surface area contributed by atoms with E-state index in [0.29, 0.717) is 0 Å². The molecular weight excluding hydrogens is 404 g/mol. The van der Waals surface area contributed by atoms with Gasteiger partial charge in [0.1, 0.15) is 0 Å². The predicted octanol–water partition coefficient (Wildman–Crippen LogP) is 7.47. The van der Waals surface area contributed by atoms with Crippen molar-refractivity contribution in [3.05, 3.63) is 81.9 Å². The zero-order valence-electron chi connectivity index (χ0n) is 17.5. The van der Waals surface area contributed by atoms with Gasteiger partial charge >= 0.3 is 26.2 Å². The van der Waals surface area contributed by atoms with Crippen molar-refractivity contribution in [2.45, 2.75) is 54.4 Å². The molecule has 0 heterocycles. The molecule has 4 aromatic rings. The van der Waals surface area contributed by atoms with Crippen LogP contribution in [0.15, 0.2) is 48.5 Å². The second-order valence-corrected chi connectivity index (χ2v) is 7.51. The van der Waals surface area contributed by atoms with Gasteiger partial charge in [0.2, 0.25) is 0 Å². The summed E-state index contributed by atoms with van der Waals surface area (Å²) < 4.78 is 0. The largest absolute Gasteiger partial charge is 2.00 e. The zero-order chi connectivity index (χ0) is 18.8. The summed E-state index contributed by atoms with van der Waals surface area (Å²) in [7, 11) is 0. The monoisotopic (exact) mass is 432 g/mol. The molecule has 0 amide bonds. The van der Waals surface area contributed by atoms with Gasteiger partial charge in [0.25, 0.3) is 0 Å². The second-order valence-electron chi connectivity index (χ2n) is 7.51. The molecule has 4 rings (SSSR count). The first kappa shape index (κ1) is 21.8. The molecule has 0 bridgehead atoms. The van der Waals surface area contributed by atoms with Crippen molar-refractivity contribution in [1.82, 2.24) is 0 Å². The number of hydrogen-bond acceptors (Lipinski definition) is 0. The van der Waals surface area contributed by atoms with Crippen molar-refractivity contribution in [2.75, 3.05) is 0 Å². The molecule has 0 aliphatic carbocycles. The molecule has 0 spiro atoms. The Labute approximate surface area is 183 Å². The Kier molecular flexibility index (Phi) is 7.41. The molecular formula is C26H30Zr. The van der Waals surface area contributed by atoms with Crippen molar-refractivity contribution in [3.63, 3.8) is 0 Å². The van der Waals surface area contributed by atoms with Crippen LogP contribution in [-0.4, -0.2) is 0 Å². The number of fused-ring (bicyclic) bond motifs is 2. The third-order valence-corrected chi connectivity index (χ3v) is 5.44. The van der Waals surface area contributed by atoms with Crippen LogP contribution in [0.2, 0.25) is 0 Å². The van der Waals surface area contributed by atoms with Crippen LogP contribution in [0.4, 0.5) is 0 Å². The summed E-state index contributed by atoms with van der Waals surface area (Å²) in [6.45, 7) is 13.1. The molecule has 0 aromatic heterocycles. The third kappa shape index (κ3) is 4.52. The van der Waals surface area contributed by atoms with Crippen molar-refractivity contribution < 1.29 is 26.2 Å². The maximum Gasteiger partial charge on any atom is 2.00 e. The molecule has 138 valence electrons. The number of hydrogen-bond donors (Lipinski definition) is 0. The smallest absolute Gasteiger partial charge is 0.165 e. The number of aryl methyl sites for hydroxylation is 6. The first-order valence-corrected chi connectivity index (χ1v) is 9.75. The molecule has 0 N–H and O–H groups in total. The quantitative estimate of drug-likeness (QED) is 0.288. The van der Waals surface area contributed by atoms with Crippen LogP contribution >= 0.6 is 0 Å². The fraction of sp³-hybridized carbons (Fsp3) is 0.308. The van der Waals surface area contributed by atoms with Crippen LogP contribution in [-0.2, 0) is 39.0 Å². The summed E-state index contributed by atoms with van der Waals surface area (Å²) in [6, 6.07) is 18.1. The van der Waals surface area contributed by atoms with Crippen molar-refractivity contribution in [2.24, 2.45) is 0 Å². The van der Waals surface area contributed by atoms with E-state index in [-0.39, 0.29) is 26.2 Å². The van der Waals surface area contributed by atoms with Crippen molar-refractivity contribution in [3.8, 4) is 0 Å². The topological polar surface area (TPSA) is 0 Å². The van der Waals surface area contributed by atoms with Gasteiger partial charge in [0, 0.05) is 0 Å². The fourth-order valence-corrected chi connectivity index (χ4v) is 3.92. The van der Waals surface area contributed by atoms with Crippen LogP contribution in [0.1, 0.15) is 47.2 Å². The van der Waals surface area contributed by atoms with E-state index in [9.17, 15) is 0 Å². The Morgan fingerprint density at radius 3 is 1.33 bits per heavy atom. The zero-order valence-corrected chi connectivity index (χ0v) is 20.0. The predicted molar refractivity (Wildman–Crippen MR) is 117 cm³/mol. The maximum atomic E-state index is 2.29. The molecule has 0 aliphatic rings. The minimum Gasteiger partial charge on any atom is -0.165 e. The molecule has 0 saturated carbocycles. The van der Waals surface area contributed by atoms with Gasteiger partial charge < -0.3 is 0 Å². The molecule has 0 radical (unpaired) electrons. The van der Waals surface area contributed by atoms with Gasteiger partial charge in [0.05, 0.1) is 0 Å².